The lowest BCUT2D eigenvalue weighted by Gasteiger charge is -2.15. The van der Waals surface area contributed by atoms with E-state index in [0.29, 0.717) is 24.7 Å². The van der Waals surface area contributed by atoms with Gasteiger partial charge in [0.1, 0.15) is 6.61 Å². The third-order valence-electron chi connectivity index (χ3n) is 4.70. The highest BCUT2D eigenvalue weighted by atomic mass is 32.1. The highest BCUT2D eigenvalue weighted by molar-refractivity contribution is 7.14. The second-order valence-electron chi connectivity index (χ2n) is 6.68. The van der Waals surface area contributed by atoms with Gasteiger partial charge in [0.2, 0.25) is 0 Å². The van der Waals surface area contributed by atoms with Gasteiger partial charge < -0.3 is 19.5 Å². The molecule has 0 radical (unpaired) electrons. The molecule has 2 aromatic rings. The number of thiophene rings is 1. The second-order valence-corrected chi connectivity index (χ2v) is 7.82. The van der Waals surface area contributed by atoms with Gasteiger partial charge in [0.15, 0.2) is 11.5 Å². The lowest BCUT2D eigenvalue weighted by atomic mass is 10.2. The van der Waals surface area contributed by atoms with E-state index in [9.17, 15) is 4.79 Å². The number of hydrogen-bond acceptors (Lipinski definition) is 5. The monoisotopic (exact) mass is 389 g/mol. The molecule has 1 aromatic heterocycles. The molecule has 2 heterocycles. The third kappa shape index (κ3) is 5.02. The number of ether oxygens (including phenoxy) is 3. The summed E-state index contributed by atoms with van der Waals surface area (Å²) in [6.45, 7) is 5.94. The van der Waals surface area contributed by atoms with Crippen molar-refractivity contribution >= 4 is 17.2 Å². The topological polar surface area (TPSA) is 56.8 Å². The Morgan fingerprint density at radius 3 is 2.85 bits per heavy atom. The number of amides is 1. The summed E-state index contributed by atoms with van der Waals surface area (Å²) < 4.78 is 16.9. The Balaban J connectivity index is 1.58. The summed E-state index contributed by atoms with van der Waals surface area (Å²) in [5.74, 6) is 1.32. The van der Waals surface area contributed by atoms with Crippen molar-refractivity contribution in [2.45, 2.75) is 45.8 Å². The Hall–Kier alpha value is -2.05. The van der Waals surface area contributed by atoms with Crippen molar-refractivity contribution in [1.29, 1.82) is 0 Å². The number of carbonyl (C=O) groups excluding carboxylic acids is 1. The molecule has 3 rings (SSSR count). The molecule has 0 spiro atoms. The third-order valence-corrected chi connectivity index (χ3v) is 6.08. The van der Waals surface area contributed by atoms with Gasteiger partial charge in [-0.15, -0.1) is 11.3 Å². The molecule has 1 fully saturated rings. The number of benzene rings is 1. The van der Waals surface area contributed by atoms with Crippen LogP contribution in [0.25, 0.3) is 0 Å². The first-order valence-electron chi connectivity index (χ1n) is 9.39. The van der Waals surface area contributed by atoms with E-state index in [1.165, 1.54) is 10.4 Å². The lowest BCUT2D eigenvalue weighted by molar-refractivity contribution is 0.0669. The van der Waals surface area contributed by atoms with Gasteiger partial charge in [-0.3, -0.25) is 4.79 Å². The first-order chi connectivity index (χ1) is 13.1. The van der Waals surface area contributed by atoms with Gasteiger partial charge in [-0.05, 0) is 55.5 Å². The van der Waals surface area contributed by atoms with Crippen LogP contribution < -0.4 is 14.8 Å². The summed E-state index contributed by atoms with van der Waals surface area (Å²) in [6, 6.07) is 7.70. The molecule has 1 saturated heterocycles. The van der Waals surface area contributed by atoms with Crippen molar-refractivity contribution in [3.63, 3.8) is 0 Å². The maximum absolute atomic E-state index is 12.4. The van der Waals surface area contributed by atoms with E-state index >= 15 is 0 Å². The van der Waals surface area contributed by atoms with Crippen molar-refractivity contribution < 1.29 is 19.0 Å². The smallest absolute Gasteiger partial charge is 0.261 e. The molecule has 1 N–H and O–H groups in total. The Labute approximate surface area is 164 Å². The molecule has 1 aliphatic rings. The van der Waals surface area contributed by atoms with Crippen molar-refractivity contribution in [2.24, 2.45) is 0 Å². The van der Waals surface area contributed by atoms with E-state index in [2.05, 4.69) is 12.2 Å². The highest BCUT2D eigenvalue weighted by Gasteiger charge is 2.17. The Bertz CT molecular complexity index is 780. The maximum atomic E-state index is 12.4. The molecule has 0 bridgehead atoms. The largest absolute Gasteiger partial charge is 0.493 e. The fraction of sp³-hybridized carbons (Fsp3) is 0.476. The standard InChI is InChI=1S/C21H27NO4S/c1-4-19-14(2)10-20(27-19)21(23)22-12-15-7-8-17(18(11-15)24-3)26-13-16-6-5-9-25-16/h7-8,10-11,16H,4-6,9,12-13H2,1-3H3,(H,22,23)/t16-/m0/s1. The minimum absolute atomic E-state index is 0.0412. The average molecular weight is 390 g/mol. The molecule has 27 heavy (non-hydrogen) atoms. The molecule has 1 aliphatic heterocycles. The Kier molecular flexibility index (Phi) is 6.74. The summed E-state index contributed by atoms with van der Waals surface area (Å²) in [6.07, 6.45) is 3.24. The van der Waals surface area contributed by atoms with Gasteiger partial charge in [0, 0.05) is 18.0 Å². The van der Waals surface area contributed by atoms with Crippen molar-refractivity contribution in [1.82, 2.24) is 5.32 Å². The minimum atomic E-state index is -0.0412. The number of rotatable bonds is 8. The van der Waals surface area contributed by atoms with E-state index in [1.807, 2.05) is 31.2 Å². The molecular formula is C21H27NO4S. The maximum Gasteiger partial charge on any atom is 0.261 e. The number of aryl methyl sites for hydroxylation is 2. The van der Waals surface area contributed by atoms with Crippen LogP contribution in [0.15, 0.2) is 24.3 Å². The average Bonchev–Trinajstić information content (AvgIpc) is 3.34. The zero-order chi connectivity index (χ0) is 19.2. The fourth-order valence-electron chi connectivity index (χ4n) is 3.15. The second kappa shape index (κ2) is 9.24. The summed E-state index contributed by atoms with van der Waals surface area (Å²) in [7, 11) is 1.62. The normalized spacial score (nSPS) is 16.3. The molecular weight excluding hydrogens is 362 g/mol. The van der Waals surface area contributed by atoms with Gasteiger partial charge in [-0.25, -0.2) is 0 Å². The van der Waals surface area contributed by atoms with Gasteiger partial charge in [0.05, 0.1) is 18.1 Å². The first-order valence-corrected chi connectivity index (χ1v) is 10.2. The van der Waals surface area contributed by atoms with Gasteiger partial charge >= 0.3 is 0 Å². The van der Waals surface area contributed by atoms with Gasteiger partial charge in [0.25, 0.3) is 5.91 Å². The van der Waals surface area contributed by atoms with Crippen LogP contribution in [0, 0.1) is 6.92 Å². The van der Waals surface area contributed by atoms with Gasteiger partial charge in [-0.2, -0.15) is 0 Å². The molecule has 0 aliphatic carbocycles. The molecule has 1 atom stereocenters. The SMILES string of the molecule is CCc1sc(C(=O)NCc2ccc(OC[C@@H]3CCCO3)c(OC)c2)cc1C. The lowest BCUT2D eigenvalue weighted by Crippen LogP contribution is -2.21. The fourth-order valence-corrected chi connectivity index (χ4v) is 4.18. The molecule has 0 unspecified atom stereocenters. The van der Waals surface area contributed by atoms with Crippen LogP contribution in [0.5, 0.6) is 11.5 Å². The van der Waals surface area contributed by atoms with Crippen LogP contribution in [0.1, 0.15) is 45.4 Å². The quantitative estimate of drug-likeness (QED) is 0.738. The van der Waals surface area contributed by atoms with E-state index in [-0.39, 0.29) is 12.0 Å². The molecule has 0 saturated carbocycles. The van der Waals surface area contributed by atoms with Crippen LogP contribution in [0.4, 0.5) is 0 Å². The van der Waals surface area contributed by atoms with E-state index in [4.69, 9.17) is 14.2 Å². The zero-order valence-electron chi connectivity index (χ0n) is 16.2. The number of nitrogens with one attached hydrogen (secondary N) is 1. The van der Waals surface area contributed by atoms with Crippen molar-refractivity contribution in [3.8, 4) is 11.5 Å². The Morgan fingerprint density at radius 1 is 1.33 bits per heavy atom. The van der Waals surface area contributed by atoms with Crippen LogP contribution in [-0.2, 0) is 17.7 Å². The Morgan fingerprint density at radius 2 is 2.19 bits per heavy atom. The summed E-state index contributed by atoms with van der Waals surface area (Å²) >= 11 is 1.56. The molecule has 6 heteroatoms. The van der Waals surface area contributed by atoms with E-state index in [0.717, 1.165) is 36.3 Å². The minimum Gasteiger partial charge on any atom is -0.493 e. The summed E-state index contributed by atoms with van der Waals surface area (Å²) in [5, 5.41) is 2.98. The number of carbonyl (C=O) groups is 1. The predicted molar refractivity (Wildman–Crippen MR) is 107 cm³/mol. The van der Waals surface area contributed by atoms with E-state index < -0.39 is 0 Å². The highest BCUT2D eigenvalue weighted by Crippen LogP contribution is 2.29. The first kappa shape index (κ1) is 19.7. The van der Waals surface area contributed by atoms with E-state index in [1.54, 1.807) is 18.4 Å². The molecule has 1 amide bonds. The zero-order valence-corrected chi connectivity index (χ0v) is 17.0. The van der Waals surface area contributed by atoms with Crippen molar-refractivity contribution in [2.75, 3.05) is 20.3 Å². The molecule has 146 valence electrons. The van der Waals surface area contributed by atoms with Crippen molar-refractivity contribution in [3.05, 3.63) is 45.1 Å². The van der Waals surface area contributed by atoms with Crippen LogP contribution in [0.3, 0.4) is 0 Å². The van der Waals surface area contributed by atoms with Crippen LogP contribution >= 0.6 is 11.3 Å². The number of methoxy groups -OCH3 is 1. The van der Waals surface area contributed by atoms with Crippen LogP contribution in [-0.4, -0.2) is 32.3 Å². The summed E-state index contributed by atoms with van der Waals surface area (Å²) in [5.41, 5.74) is 2.15. The van der Waals surface area contributed by atoms with Crippen LogP contribution in [0.2, 0.25) is 0 Å². The predicted octanol–water partition coefficient (Wildman–Crippen LogP) is 4.12. The summed E-state index contributed by atoms with van der Waals surface area (Å²) in [4.78, 5) is 14.4. The molecule has 5 nitrogen and oxygen atoms in total. The number of hydrogen-bond donors (Lipinski definition) is 1. The molecule has 1 aromatic carbocycles. The van der Waals surface area contributed by atoms with Gasteiger partial charge in [-0.1, -0.05) is 13.0 Å².